The summed E-state index contributed by atoms with van der Waals surface area (Å²) in [6, 6.07) is 0. The molecule has 0 aromatic rings. The van der Waals surface area contributed by atoms with Crippen LogP contribution in [0.5, 0.6) is 0 Å². The molecule has 5 heteroatoms. The fourth-order valence-electron chi connectivity index (χ4n) is 3.16. The third-order valence-corrected chi connectivity index (χ3v) is 5.18. The Hall–Kier alpha value is -1.95. The highest BCUT2D eigenvalue weighted by atomic mass is 16.6. The van der Waals surface area contributed by atoms with Gasteiger partial charge in [0.15, 0.2) is 6.10 Å². The van der Waals surface area contributed by atoms with Crippen LogP contribution in [0.2, 0.25) is 0 Å². The van der Waals surface area contributed by atoms with Crippen LogP contribution in [0.4, 0.5) is 0 Å². The van der Waals surface area contributed by atoms with Crippen LogP contribution < -0.4 is 0 Å². The number of carbonyl (C=O) groups is 1. The number of rotatable bonds is 6. The lowest BCUT2D eigenvalue weighted by Crippen LogP contribution is -2.39. The van der Waals surface area contributed by atoms with Crippen molar-refractivity contribution in [3.8, 4) is 0 Å². The van der Waals surface area contributed by atoms with Crippen LogP contribution in [0.15, 0.2) is 59.3 Å². The number of aliphatic hydroxyl groups excluding tert-OH is 2. The smallest absolute Gasteiger partial charge is 0.331 e. The molecule has 0 unspecified atom stereocenters. The third kappa shape index (κ3) is 8.82. The summed E-state index contributed by atoms with van der Waals surface area (Å²) < 4.78 is 5.55. The first-order valence-corrected chi connectivity index (χ1v) is 10.5. The van der Waals surface area contributed by atoms with E-state index in [1.807, 2.05) is 12.2 Å². The summed E-state index contributed by atoms with van der Waals surface area (Å²) in [6.45, 7) is 11.0. The minimum Gasteiger partial charge on any atom is -0.452 e. The Balaban J connectivity index is 3.36. The first-order valence-electron chi connectivity index (χ1n) is 10.5. The minimum atomic E-state index is -1.53. The highest BCUT2D eigenvalue weighted by Gasteiger charge is 2.32. The average Bonchev–Trinajstić information content (AvgIpc) is 2.63. The lowest BCUT2D eigenvalue weighted by Gasteiger charge is -2.30. The minimum absolute atomic E-state index is 0.277. The summed E-state index contributed by atoms with van der Waals surface area (Å²) in [5.41, 5.74) is 0.669. The zero-order valence-electron chi connectivity index (χ0n) is 19.2. The number of carbonyl (C=O) groups excluding carboxylic acids is 1. The van der Waals surface area contributed by atoms with Crippen LogP contribution in [-0.4, -0.2) is 45.7 Å². The van der Waals surface area contributed by atoms with Gasteiger partial charge in [0.25, 0.3) is 0 Å². The van der Waals surface area contributed by atoms with E-state index in [2.05, 4.69) is 26.8 Å². The van der Waals surface area contributed by atoms with Crippen molar-refractivity contribution in [2.45, 2.75) is 78.6 Å². The average molecular weight is 419 g/mol. The van der Waals surface area contributed by atoms with Crippen molar-refractivity contribution in [1.29, 1.82) is 0 Å². The van der Waals surface area contributed by atoms with Gasteiger partial charge in [0, 0.05) is 6.08 Å². The first-order chi connectivity index (χ1) is 13.9. The lowest BCUT2D eigenvalue weighted by molar-refractivity contribution is -0.148. The molecular formula is C25H38O5. The van der Waals surface area contributed by atoms with Gasteiger partial charge in [-0.2, -0.15) is 0 Å². The molecule has 0 spiro atoms. The van der Waals surface area contributed by atoms with Crippen LogP contribution in [0.3, 0.4) is 0 Å². The van der Waals surface area contributed by atoms with E-state index in [9.17, 15) is 20.1 Å². The number of hydrogen-bond donors (Lipinski definition) is 3. The van der Waals surface area contributed by atoms with Gasteiger partial charge < -0.3 is 20.1 Å². The number of ether oxygens (including phenoxy) is 1. The Bertz CT molecular complexity index is 731. The second-order valence-electron chi connectivity index (χ2n) is 9.08. The molecule has 0 aromatic heterocycles. The van der Waals surface area contributed by atoms with Crippen LogP contribution >= 0.6 is 0 Å². The number of esters is 1. The van der Waals surface area contributed by atoms with Gasteiger partial charge in [-0.3, -0.25) is 0 Å². The molecule has 0 radical (unpaired) electrons. The van der Waals surface area contributed by atoms with Crippen LogP contribution in [0.1, 0.15) is 60.8 Å². The van der Waals surface area contributed by atoms with Crippen molar-refractivity contribution in [3.63, 3.8) is 0 Å². The molecule has 0 aromatic carbocycles. The highest BCUT2D eigenvalue weighted by Crippen LogP contribution is 2.33. The van der Waals surface area contributed by atoms with Crippen molar-refractivity contribution in [2.75, 3.05) is 6.61 Å². The van der Waals surface area contributed by atoms with Crippen molar-refractivity contribution in [2.24, 2.45) is 5.41 Å². The molecule has 0 heterocycles. The summed E-state index contributed by atoms with van der Waals surface area (Å²) in [4.78, 5) is 12.2. The van der Waals surface area contributed by atoms with E-state index in [1.54, 1.807) is 19.9 Å². The SMILES string of the molecule is CC(C)=CCC[C@]1(C)/C=C/[C@@H](OC(=O)C=C(C)C)[C@](C)(O)/C=C/[C@@H](O)/C(CO)=C\C1. The standard InChI is InChI=1S/C25H38O5/c1-18(2)8-7-12-24(5)13-9-20(17-26)21(27)10-15-25(6,29)22(11-14-24)30-23(28)16-19(3)4/h8-11,14-16,21-22,26-27,29H,7,12-13,17H2,1-6H3/b14-11+,15-10+,20-9-/t21-,22-,24+,25-/m1/s1. The molecular weight excluding hydrogens is 380 g/mol. The first kappa shape index (κ1) is 26.1. The molecule has 4 atom stereocenters. The Kier molecular flexibility index (Phi) is 9.95. The zero-order chi connectivity index (χ0) is 22.9. The fourth-order valence-corrected chi connectivity index (χ4v) is 3.16. The van der Waals surface area contributed by atoms with Crippen LogP contribution in [-0.2, 0) is 9.53 Å². The molecule has 30 heavy (non-hydrogen) atoms. The van der Waals surface area contributed by atoms with Gasteiger partial charge in [-0.05, 0) is 70.9 Å². The zero-order valence-corrected chi connectivity index (χ0v) is 19.2. The predicted octanol–water partition coefficient (Wildman–Crippen LogP) is 4.16. The van der Waals surface area contributed by atoms with Gasteiger partial charge in [0.2, 0.25) is 0 Å². The van der Waals surface area contributed by atoms with Gasteiger partial charge in [-0.15, -0.1) is 0 Å². The Morgan fingerprint density at radius 1 is 1.17 bits per heavy atom. The maximum absolute atomic E-state index is 12.2. The van der Waals surface area contributed by atoms with Gasteiger partial charge in [0.05, 0.1) is 12.7 Å². The van der Waals surface area contributed by atoms with E-state index < -0.39 is 23.8 Å². The van der Waals surface area contributed by atoms with Crippen molar-refractivity contribution in [1.82, 2.24) is 0 Å². The van der Waals surface area contributed by atoms with E-state index in [-0.39, 0.29) is 12.0 Å². The third-order valence-electron chi connectivity index (χ3n) is 5.18. The van der Waals surface area contributed by atoms with Gasteiger partial charge in [-0.25, -0.2) is 4.79 Å². The Morgan fingerprint density at radius 2 is 1.83 bits per heavy atom. The molecule has 0 saturated carbocycles. The molecule has 1 aliphatic carbocycles. The van der Waals surface area contributed by atoms with E-state index in [4.69, 9.17) is 4.74 Å². The molecule has 3 N–H and O–H groups in total. The van der Waals surface area contributed by atoms with Crippen molar-refractivity contribution >= 4 is 5.97 Å². The van der Waals surface area contributed by atoms with Crippen LogP contribution in [0.25, 0.3) is 0 Å². The lowest BCUT2D eigenvalue weighted by atomic mass is 9.80. The molecule has 1 aliphatic rings. The largest absolute Gasteiger partial charge is 0.452 e. The quantitative estimate of drug-likeness (QED) is 0.342. The molecule has 168 valence electrons. The summed E-state index contributed by atoms with van der Waals surface area (Å²) >= 11 is 0. The van der Waals surface area contributed by atoms with E-state index >= 15 is 0 Å². The molecule has 5 nitrogen and oxygen atoms in total. The topological polar surface area (TPSA) is 87.0 Å². The fraction of sp³-hybridized carbons (Fsp3) is 0.560. The normalized spacial score (nSPS) is 33.3. The second kappa shape index (κ2) is 11.4. The summed E-state index contributed by atoms with van der Waals surface area (Å²) in [5.74, 6) is -0.533. The van der Waals surface area contributed by atoms with Gasteiger partial charge in [0.1, 0.15) is 5.60 Å². The molecule has 0 bridgehead atoms. The van der Waals surface area contributed by atoms with E-state index in [1.165, 1.54) is 30.7 Å². The van der Waals surface area contributed by atoms with E-state index in [0.717, 1.165) is 18.4 Å². The summed E-state index contributed by atoms with van der Waals surface area (Å²) in [5, 5.41) is 31.1. The maximum atomic E-state index is 12.2. The predicted molar refractivity (Wildman–Crippen MR) is 121 cm³/mol. The number of allylic oxidation sites excluding steroid dienone is 5. The Labute approximate surface area is 181 Å². The number of aliphatic hydroxyl groups is 3. The second-order valence-corrected chi connectivity index (χ2v) is 9.08. The molecule has 0 saturated heterocycles. The Morgan fingerprint density at radius 3 is 2.40 bits per heavy atom. The molecule has 0 fully saturated rings. The molecule has 0 aliphatic heterocycles. The highest BCUT2D eigenvalue weighted by molar-refractivity contribution is 5.83. The maximum Gasteiger partial charge on any atom is 0.331 e. The number of hydrogen-bond acceptors (Lipinski definition) is 5. The van der Waals surface area contributed by atoms with Gasteiger partial charge in [-0.1, -0.05) is 48.5 Å². The monoisotopic (exact) mass is 418 g/mol. The molecule has 0 amide bonds. The van der Waals surface area contributed by atoms with E-state index in [0.29, 0.717) is 12.0 Å². The summed E-state index contributed by atoms with van der Waals surface area (Å²) in [7, 11) is 0. The van der Waals surface area contributed by atoms with Crippen LogP contribution in [0, 0.1) is 5.41 Å². The summed E-state index contributed by atoms with van der Waals surface area (Å²) in [6.07, 6.45) is 12.3. The van der Waals surface area contributed by atoms with Crippen molar-refractivity contribution < 1.29 is 24.9 Å². The molecule has 1 rings (SSSR count). The van der Waals surface area contributed by atoms with Gasteiger partial charge >= 0.3 is 5.97 Å². The van der Waals surface area contributed by atoms with Crippen molar-refractivity contribution in [3.05, 3.63) is 59.3 Å².